The minimum Gasteiger partial charge on any atom is -0.348 e. The molecule has 2 atom stereocenters. The Morgan fingerprint density at radius 3 is 3.06 bits per heavy atom. The SMILES string of the molecule is CCCCC1CCCC1NC(=O)c1cn(C)nn1. The minimum absolute atomic E-state index is 0.0866. The summed E-state index contributed by atoms with van der Waals surface area (Å²) >= 11 is 0. The monoisotopic (exact) mass is 250 g/mol. The van der Waals surface area contributed by atoms with Gasteiger partial charge >= 0.3 is 0 Å². The molecular weight excluding hydrogens is 228 g/mol. The number of nitrogens with zero attached hydrogens (tertiary/aromatic N) is 3. The van der Waals surface area contributed by atoms with E-state index in [1.807, 2.05) is 0 Å². The van der Waals surface area contributed by atoms with Gasteiger partial charge in [-0.15, -0.1) is 5.10 Å². The summed E-state index contributed by atoms with van der Waals surface area (Å²) in [5, 5.41) is 10.7. The maximum atomic E-state index is 12.0. The van der Waals surface area contributed by atoms with Gasteiger partial charge in [-0.25, -0.2) is 0 Å². The smallest absolute Gasteiger partial charge is 0.273 e. The van der Waals surface area contributed by atoms with Crippen LogP contribution in [0.5, 0.6) is 0 Å². The highest BCUT2D eigenvalue weighted by molar-refractivity contribution is 5.92. The van der Waals surface area contributed by atoms with Gasteiger partial charge in [0.15, 0.2) is 5.69 Å². The number of hydrogen-bond donors (Lipinski definition) is 1. The van der Waals surface area contributed by atoms with Crippen molar-refractivity contribution in [3.05, 3.63) is 11.9 Å². The second-order valence-corrected chi connectivity index (χ2v) is 5.19. The predicted octanol–water partition coefficient (Wildman–Crippen LogP) is 1.90. The minimum atomic E-state index is -0.0866. The first-order valence-electron chi connectivity index (χ1n) is 6.88. The van der Waals surface area contributed by atoms with Crippen molar-refractivity contribution in [3.8, 4) is 0 Å². The van der Waals surface area contributed by atoms with E-state index in [-0.39, 0.29) is 5.91 Å². The van der Waals surface area contributed by atoms with Gasteiger partial charge in [0.2, 0.25) is 0 Å². The Labute approximate surface area is 108 Å². The molecule has 0 radical (unpaired) electrons. The molecule has 5 nitrogen and oxygen atoms in total. The second-order valence-electron chi connectivity index (χ2n) is 5.19. The molecule has 18 heavy (non-hydrogen) atoms. The van der Waals surface area contributed by atoms with E-state index >= 15 is 0 Å². The zero-order valence-electron chi connectivity index (χ0n) is 11.2. The lowest BCUT2D eigenvalue weighted by Crippen LogP contribution is -2.37. The van der Waals surface area contributed by atoms with Gasteiger partial charge in [0.25, 0.3) is 5.91 Å². The van der Waals surface area contributed by atoms with E-state index in [9.17, 15) is 4.79 Å². The van der Waals surface area contributed by atoms with E-state index in [1.54, 1.807) is 17.9 Å². The van der Waals surface area contributed by atoms with Crippen LogP contribution in [0, 0.1) is 5.92 Å². The largest absolute Gasteiger partial charge is 0.348 e. The number of carbonyl (C=O) groups excluding carboxylic acids is 1. The van der Waals surface area contributed by atoms with Gasteiger partial charge in [-0.1, -0.05) is 31.4 Å². The average molecular weight is 250 g/mol. The van der Waals surface area contributed by atoms with Crippen LogP contribution in [-0.2, 0) is 7.05 Å². The molecule has 1 N–H and O–H groups in total. The summed E-state index contributed by atoms with van der Waals surface area (Å²) in [6.45, 7) is 2.21. The molecule has 0 saturated heterocycles. The molecule has 1 aromatic heterocycles. The Balaban J connectivity index is 1.90. The zero-order chi connectivity index (χ0) is 13.0. The lowest BCUT2D eigenvalue weighted by molar-refractivity contribution is 0.0921. The summed E-state index contributed by atoms with van der Waals surface area (Å²) in [6, 6.07) is 0.325. The second kappa shape index (κ2) is 5.98. The maximum Gasteiger partial charge on any atom is 0.273 e. The van der Waals surface area contributed by atoms with Gasteiger partial charge in [-0.05, 0) is 25.2 Å². The van der Waals surface area contributed by atoms with Crippen LogP contribution in [0.15, 0.2) is 6.20 Å². The van der Waals surface area contributed by atoms with Crippen molar-refractivity contribution >= 4 is 5.91 Å². The quantitative estimate of drug-likeness (QED) is 0.868. The zero-order valence-corrected chi connectivity index (χ0v) is 11.2. The van der Waals surface area contributed by atoms with Crippen molar-refractivity contribution in [2.24, 2.45) is 13.0 Å². The third-order valence-electron chi connectivity index (χ3n) is 3.74. The van der Waals surface area contributed by atoms with Crippen LogP contribution in [0.1, 0.15) is 55.9 Å². The van der Waals surface area contributed by atoms with Crippen LogP contribution < -0.4 is 5.32 Å². The van der Waals surface area contributed by atoms with E-state index in [4.69, 9.17) is 0 Å². The fourth-order valence-electron chi connectivity index (χ4n) is 2.73. The van der Waals surface area contributed by atoms with Crippen LogP contribution in [0.4, 0.5) is 0 Å². The number of hydrogen-bond acceptors (Lipinski definition) is 3. The van der Waals surface area contributed by atoms with Crippen LogP contribution >= 0.6 is 0 Å². The van der Waals surface area contributed by atoms with Crippen molar-refractivity contribution < 1.29 is 4.79 Å². The number of aryl methyl sites for hydroxylation is 1. The normalized spacial score (nSPS) is 23.2. The van der Waals surface area contributed by atoms with Crippen molar-refractivity contribution in [2.75, 3.05) is 0 Å². The lowest BCUT2D eigenvalue weighted by Gasteiger charge is -2.20. The molecule has 0 spiro atoms. The van der Waals surface area contributed by atoms with Crippen LogP contribution in [0.3, 0.4) is 0 Å². The molecule has 2 rings (SSSR count). The fraction of sp³-hybridized carbons (Fsp3) is 0.769. The number of rotatable bonds is 5. The third-order valence-corrected chi connectivity index (χ3v) is 3.74. The van der Waals surface area contributed by atoms with Crippen LogP contribution in [0.25, 0.3) is 0 Å². The number of carbonyl (C=O) groups is 1. The van der Waals surface area contributed by atoms with Gasteiger partial charge in [0, 0.05) is 13.1 Å². The van der Waals surface area contributed by atoms with Gasteiger partial charge in [0.1, 0.15) is 0 Å². The molecule has 100 valence electrons. The molecule has 1 saturated carbocycles. The van der Waals surface area contributed by atoms with Gasteiger partial charge in [0.05, 0.1) is 6.20 Å². The van der Waals surface area contributed by atoms with Crippen molar-refractivity contribution in [1.29, 1.82) is 0 Å². The van der Waals surface area contributed by atoms with Crippen molar-refractivity contribution in [1.82, 2.24) is 20.3 Å². The standard InChI is InChI=1S/C13H22N4O/c1-3-4-6-10-7-5-8-11(10)14-13(18)12-9-17(2)16-15-12/h9-11H,3-8H2,1-2H3,(H,14,18). The fourth-order valence-corrected chi connectivity index (χ4v) is 2.73. The van der Waals surface area contributed by atoms with Gasteiger partial charge < -0.3 is 5.32 Å². The van der Waals surface area contributed by atoms with Crippen LogP contribution in [0.2, 0.25) is 0 Å². The highest BCUT2D eigenvalue weighted by atomic mass is 16.2. The Morgan fingerprint density at radius 2 is 2.39 bits per heavy atom. The van der Waals surface area contributed by atoms with E-state index < -0.39 is 0 Å². The Kier molecular flexibility index (Phi) is 4.33. The third kappa shape index (κ3) is 3.09. The topological polar surface area (TPSA) is 59.8 Å². The molecule has 0 aliphatic heterocycles. The number of aromatic nitrogens is 3. The van der Waals surface area contributed by atoms with Gasteiger partial charge in [-0.3, -0.25) is 9.48 Å². The number of unbranched alkanes of at least 4 members (excludes halogenated alkanes) is 1. The molecule has 0 bridgehead atoms. The number of amides is 1. The van der Waals surface area contributed by atoms with Crippen molar-refractivity contribution in [3.63, 3.8) is 0 Å². The Morgan fingerprint density at radius 1 is 1.56 bits per heavy atom. The predicted molar refractivity (Wildman–Crippen MR) is 69.1 cm³/mol. The van der Waals surface area contributed by atoms with E-state index in [1.165, 1.54) is 32.1 Å². The molecule has 5 heteroatoms. The van der Waals surface area contributed by atoms with Crippen molar-refractivity contribution in [2.45, 2.75) is 51.5 Å². The maximum absolute atomic E-state index is 12.0. The molecule has 1 amide bonds. The Hall–Kier alpha value is -1.39. The molecule has 1 aliphatic carbocycles. The highest BCUT2D eigenvalue weighted by Crippen LogP contribution is 2.29. The molecule has 1 heterocycles. The first kappa shape index (κ1) is 13.1. The molecule has 0 aromatic carbocycles. The first-order chi connectivity index (χ1) is 8.70. The number of nitrogens with one attached hydrogen (secondary N) is 1. The summed E-state index contributed by atoms with van der Waals surface area (Å²) in [7, 11) is 1.77. The molecule has 1 aromatic rings. The lowest BCUT2D eigenvalue weighted by atomic mass is 9.97. The average Bonchev–Trinajstić information content (AvgIpc) is 2.96. The summed E-state index contributed by atoms with van der Waals surface area (Å²) < 4.78 is 1.55. The molecule has 2 unspecified atom stereocenters. The van der Waals surface area contributed by atoms with E-state index in [0.29, 0.717) is 17.7 Å². The summed E-state index contributed by atoms with van der Waals surface area (Å²) in [5.41, 5.74) is 0.415. The molecular formula is C13H22N4O. The Bertz CT molecular complexity index is 401. The summed E-state index contributed by atoms with van der Waals surface area (Å²) in [5.74, 6) is 0.557. The molecule has 1 aliphatic rings. The summed E-state index contributed by atoms with van der Waals surface area (Å²) in [4.78, 5) is 12.0. The van der Waals surface area contributed by atoms with E-state index in [0.717, 1.165) is 6.42 Å². The first-order valence-corrected chi connectivity index (χ1v) is 6.88. The van der Waals surface area contributed by atoms with Crippen LogP contribution in [-0.4, -0.2) is 26.9 Å². The summed E-state index contributed by atoms with van der Waals surface area (Å²) in [6.07, 6.45) is 8.92. The molecule has 1 fully saturated rings. The van der Waals surface area contributed by atoms with E-state index in [2.05, 4.69) is 22.6 Å². The van der Waals surface area contributed by atoms with Gasteiger partial charge in [-0.2, -0.15) is 0 Å². The highest BCUT2D eigenvalue weighted by Gasteiger charge is 2.28.